The number of rotatable bonds is 5. The maximum absolute atomic E-state index is 14.8. The van der Waals surface area contributed by atoms with Crippen LogP contribution in [-0.4, -0.2) is 25.7 Å². The summed E-state index contributed by atoms with van der Waals surface area (Å²) in [7, 11) is 1.82. The van der Waals surface area contributed by atoms with Gasteiger partial charge in [0.25, 0.3) is 5.91 Å². The Labute approximate surface area is 216 Å². The first-order chi connectivity index (χ1) is 17.9. The highest BCUT2D eigenvalue weighted by Gasteiger charge is 2.35. The van der Waals surface area contributed by atoms with Gasteiger partial charge in [0.1, 0.15) is 12.1 Å². The van der Waals surface area contributed by atoms with E-state index in [1.807, 2.05) is 19.2 Å². The molecule has 2 aromatic carbocycles. The van der Waals surface area contributed by atoms with Crippen molar-refractivity contribution in [1.29, 1.82) is 0 Å². The topological polar surface area (TPSA) is 68.3 Å². The van der Waals surface area contributed by atoms with Gasteiger partial charge in [-0.2, -0.15) is 0 Å². The molecule has 1 fully saturated rings. The number of benzene rings is 2. The summed E-state index contributed by atoms with van der Waals surface area (Å²) in [5.74, 6) is -1.58. The molecule has 0 bridgehead atoms. The zero-order valence-corrected chi connectivity index (χ0v) is 20.4. The number of anilines is 1. The molecule has 1 amide bonds. The third-order valence-corrected chi connectivity index (χ3v) is 7.11. The third kappa shape index (κ3) is 3.85. The lowest BCUT2D eigenvalue weighted by Crippen LogP contribution is -2.24. The van der Waals surface area contributed by atoms with Crippen molar-refractivity contribution in [1.82, 2.24) is 19.7 Å². The summed E-state index contributed by atoms with van der Waals surface area (Å²) in [6, 6.07) is 10.4. The fourth-order valence-electron chi connectivity index (χ4n) is 4.70. The van der Waals surface area contributed by atoms with Gasteiger partial charge in [0.2, 0.25) is 0 Å². The predicted octanol–water partition coefficient (Wildman–Crippen LogP) is 6.15. The summed E-state index contributed by atoms with van der Waals surface area (Å²) in [4.78, 5) is 23.0. The van der Waals surface area contributed by atoms with Gasteiger partial charge < -0.3 is 4.57 Å². The van der Waals surface area contributed by atoms with Crippen LogP contribution >= 0.6 is 11.6 Å². The van der Waals surface area contributed by atoms with Crippen molar-refractivity contribution < 1.29 is 13.6 Å². The van der Waals surface area contributed by atoms with E-state index in [4.69, 9.17) is 23.2 Å². The Hall–Kier alpha value is -4.16. The number of fused-ring (bicyclic) bond motifs is 1. The minimum atomic E-state index is -1.05. The zero-order chi connectivity index (χ0) is 25.8. The van der Waals surface area contributed by atoms with Gasteiger partial charge in [-0.3, -0.25) is 9.69 Å². The monoisotopic (exact) mass is 516 g/mol. The minimum absolute atomic E-state index is 0.00211. The molecule has 1 aliphatic heterocycles. The molecule has 7 nitrogen and oxygen atoms in total. The Morgan fingerprint density at radius 3 is 2.59 bits per heavy atom. The molecule has 0 saturated heterocycles. The van der Waals surface area contributed by atoms with E-state index in [-0.39, 0.29) is 35.0 Å². The Kier molecular flexibility index (Phi) is 5.50. The van der Waals surface area contributed by atoms with Crippen LogP contribution < -0.4 is 4.90 Å². The highest BCUT2D eigenvalue weighted by molar-refractivity contribution is 6.17. The standard InChI is InChI=1S/C27H19ClF2N6O/c1-31-17-5-6-18(19(10-17)26-34-32-13-35(26)2)15-8-22(14-3-4-14)33-23(9-15)36-12-21-20(27(36)37)7-16(11-28)24(29)25(21)30/h5-10,13-14H,3-4,11-12H2,2H3. The van der Waals surface area contributed by atoms with Gasteiger partial charge in [-0.15, -0.1) is 21.8 Å². The summed E-state index contributed by atoms with van der Waals surface area (Å²) in [6.07, 6.45) is 3.55. The maximum atomic E-state index is 14.8. The molecule has 2 aromatic heterocycles. The zero-order valence-electron chi connectivity index (χ0n) is 19.7. The second-order valence-corrected chi connectivity index (χ2v) is 9.50. The van der Waals surface area contributed by atoms with E-state index >= 15 is 0 Å². The van der Waals surface area contributed by atoms with Crippen LogP contribution in [0, 0.1) is 18.2 Å². The molecule has 4 aromatic rings. The number of carbonyl (C=O) groups excluding carboxylic acids is 1. The molecule has 1 aliphatic carbocycles. The van der Waals surface area contributed by atoms with E-state index in [1.54, 1.807) is 29.1 Å². The lowest BCUT2D eigenvalue weighted by Gasteiger charge is -2.18. The SMILES string of the molecule is [C-]#[N+]c1ccc(-c2cc(C3CC3)nc(N3Cc4c(cc(CCl)c(F)c4F)C3=O)c2)c(-c2nncn2C)c1. The van der Waals surface area contributed by atoms with Crippen molar-refractivity contribution in [2.75, 3.05) is 4.90 Å². The van der Waals surface area contributed by atoms with E-state index in [2.05, 4.69) is 15.0 Å². The Bertz CT molecular complexity index is 1640. The van der Waals surface area contributed by atoms with Crippen LogP contribution in [0.2, 0.25) is 0 Å². The fraction of sp³-hybridized carbons (Fsp3) is 0.222. The molecule has 6 rings (SSSR count). The summed E-state index contributed by atoms with van der Waals surface area (Å²) in [5, 5.41) is 8.21. The lowest BCUT2D eigenvalue weighted by molar-refractivity contribution is 0.0995. The van der Waals surface area contributed by atoms with Gasteiger partial charge in [0.15, 0.2) is 23.1 Å². The predicted molar refractivity (Wildman–Crippen MR) is 134 cm³/mol. The van der Waals surface area contributed by atoms with Crippen LogP contribution in [0.25, 0.3) is 27.4 Å². The highest BCUT2D eigenvalue weighted by atomic mass is 35.5. The van der Waals surface area contributed by atoms with Gasteiger partial charge in [-0.25, -0.2) is 18.6 Å². The molecule has 0 spiro atoms. The van der Waals surface area contributed by atoms with E-state index in [0.29, 0.717) is 22.9 Å². The number of carbonyl (C=O) groups is 1. The molecule has 0 N–H and O–H groups in total. The smallest absolute Gasteiger partial charge is 0.260 e. The second kappa shape index (κ2) is 8.75. The summed E-state index contributed by atoms with van der Waals surface area (Å²) in [5.41, 5.74) is 3.59. The van der Waals surface area contributed by atoms with Crippen LogP contribution in [0.1, 0.15) is 45.9 Å². The number of aromatic nitrogens is 4. The summed E-state index contributed by atoms with van der Waals surface area (Å²) in [6.45, 7) is 7.32. The molecule has 3 heterocycles. The van der Waals surface area contributed by atoms with Gasteiger partial charge in [0.05, 0.1) is 19.0 Å². The molecular formula is C27H19ClF2N6O. The highest BCUT2D eigenvalue weighted by Crippen LogP contribution is 2.43. The number of pyridine rings is 1. The first kappa shape index (κ1) is 23.3. The van der Waals surface area contributed by atoms with Crippen molar-refractivity contribution in [2.24, 2.45) is 7.05 Å². The first-order valence-electron chi connectivity index (χ1n) is 11.7. The van der Waals surface area contributed by atoms with Crippen molar-refractivity contribution >= 4 is 29.0 Å². The Morgan fingerprint density at radius 1 is 1.11 bits per heavy atom. The molecule has 0 unspecified atom stereocenters. The Balaban J connectivity index is 1.50. The van der Waals surface area contributed by atoms with Crippen molar-refractivity contribution in [3.8, 4) is 22.5 Å². The average Bonchev–Trinajstić information content (AvgIpc) is 3.60. The molecular weight excluding hydrogens is 498 g/mol. The second-order valence-electron chi connectivity index (χ2n) is 9.23. The van der Waals surface area contributed by atoms with Crippen LogP contribution in [0.15, 0.2) is 42.7 Å². The van der Waals surface area contributed by atoms with Crippen molar-refractivity contribution in [3.63, 3.8) is 0 Å². The van der Waals surface area contributed by atoms with Crippen LogP contribution in [0.4, 0.5) is 20.3 Å². The minimum Gasteiger partial charge on any atom is -0.317 e. The number of amides is 1. The quantitative estimate of drug-likeness (QED) is 0.236. The van der Waals surface area contributed by atoms with Gasteiger partial charge in [-0.05, 0) is 48.2 Å². The largest absolute Gasteiger partial charge is 0.317 e. The molecule has 37 heavy (non-hydrogen) atoms. The van der Waals surface area contributed by atoms with Crippen molar-refractivity contribution in [3.05, 3.63) is 88.2 Å². The third-order valence-electron chi connectivity index (χ3n) is 6.82. The number of hydrogen-bond donors (Lipinski definition) is 0. The lowest BCUT2D eigenvalue weighted by atomic mass is 9.97. The van der Waals surface area contributed by atoms with Gasteiger partial charge in [-0.1, -0.05) is 12.1 Å². The van der Waals surface area contributed by atoms with Crippen LogP contribution in [0.3, 0.4) is 0 Å². The molecule has 184 valence electrons. The normalized spacial score (nSPS) is 14.7. The fourth-order valence-corrected chi connectivity index (χ4v) is 4.90. The molecule has 0 radical (unpaired) electrons. The van der Waals surface area contributed by atoms with Crippen LogP contribution in [-0.2, 0) is 19.5 Å². The number of halogens is 3. The number of aryl methyl sites for hydroxylation is 1. The number of alkyl halides is 1. The number of nitrogens with zero attached hydrogens (tertiary/aromatic N) is 6. The van der Waals surface area contributed by atoms with E-state index in [0.717, 1.165) is 29.7 Å². The van der Waals surface area contributed by atoms with E-state index in [9.17, 15) is 13.6 Å². The number of hydrogen-bond acceptors (Lipinski definition) is 4. The van der Waals surface area contributed by atoms with Crippen molar-refractivity contribution in [2.45, 2.75) is 31.2 Å². The average molecular weight is 517 g/mol. The molecule has 0 atom stereocenters. The summed E-state index contributed by atoms with van der Waals surface area (Å²) >= 11 is 5.77. The van der Waals surface area contributed by atoms with Gasteiger partial charge >= 0.3 is 0 Å². The Morgan fingerprint density at radius 2 is 1.92 bits per heavy atom. The van der Waals surface area contributed by atoms with E-state index < -0.39 is 17.5 Å². The molecule has 1 saturated carbocycles. The van der Waals surface area contributed by atoms with E-state index in [1.165, 1.54) is 11.0 Å². The molecule has 2 aliphatic rings. The molecule has 10 heteroatoms. The maximum Gasteiger partial charge on any atom is 0.260 e. The van der Waals surface area contributed by atoms with Crippen LogP contribution in [0.5, 0.6) is 0 Å². The summed E-state index contributed by atoms with van der Waals surface area (Å²) < 4.78 is 31.0. The van der Waals surface area contributed by atoms with Gasteiger partial charge in [0, 0.05) is 40.9 Å². The first-order valence-corrected chi connectivity index (χ1v) is 12.2.